The first kappa shape index (κ1) is 21.9. The predicted octanol–water partition coefficient (Wildman–Crippen LogP) is 3.84. The molecule has 0 aliphatic carbocycles. The molecule has 4 rings (SSSR count). The van der Waals surface area contributed by atoms with Crippen LogP contribution in [-0.2, 0) is 13.2 Å². The zero-order valence-electron chi connectivity index (χ0n) is 18.8. The smallest absolute Gasteiger partial charge is 0.254 e. The van der Waals surface area contributed by atoms with Crippen molar-refractivity contribution in [1.82, 2.24) is 15.0 Å². The zero-order chi connectivity index (χ0) is 22.5. The lowest BCUT2D eigenvalue weighted by Gasteiger charge is -2.34. The van der Waals surface area contributed by atoms with E-state index in [0.29, 0.717) is 36.8 Å². The van der Waals surface area contributed by atoms with E-state index in [0.717, 1.165) is 36.7 Å². The summed E-state index contributed by atoms with van der Waals surface area (Å²) in [5.74, 6) is 1.86. The number of carbonyl (C=O) groups is 1. The first-order chi connectivity index (χ1) is 15.5. The number of benzene rings is 2. The number of hydrogen-bond donors (Lipinski definition) is 0. The maximum Gasteiger partial charge on any atom is 0.254 e. The van der Waals surface area contributed by atoms with Crippen LogP contribution in [0.25, 0.3) is 0 Å². The fraction of sp³-hybridized carbons (Fsp3) is 0.360. The van der Waals surface area contributed by atoms with Crippen LogP contribution in [0.4, 0.5) is 0 Å². The van der Waals surface area contributed by atoms with Gasteiger partial charge in [0.25, 0.3) is 5.91 Å². The molecule has 7 nitrogen and oxygen atoms in total. The third-order valence-electron chi connectivity index (χ3n) is 5.87. The fourth-order valence-electron chi connectivity index (χ4n) is 3.91. The molecule has 0 N–H and O–H groups in total. The van der Waals surface area contributed by atoms with E-state index < -0.39 is 0 Å². The number of nitrogens with zero attached hydrogens (tertiary/aromatic N) is 3. The highest BCUT2D eigenvalue weighted by Crippen LogP contribution is 2.30. The summed E-state index contributed by atoms with van der Waals surface area (Å²) in [6.45, 7) is 8.11. The van der Waals surface area contributed by atoms with E-state index in [9.17, 15) is 4.79 Å². The topological polar surface area (TPSA) is 68.0 Å². The van der Waals surface area contributed by atoms with E-state index in [4.69, 9.17) is 14.0 Å². The van der Waals surface area contributed by atoms with Crippen molar-refractivity contribution >= 4 is 5.91 Å². The second kappa shape index (κ2) is 9.87. The number of rotatable bonds is 7. The molecule has 0 bridgehead atoms. The number of ether oxygens (including phenoxy) is 2. The number of methoxy groups -OCH3 is 1. The number of amides is 1. The van der Waals surface area contributed by atoms with Gasteiger partial charge < -0.3 is 18.9 Å². The molecule has 3 aromatic rings. The van der Waals surface area contributed by atoms with E-state index >= 15 is 0 Å². The van der Waals surface area contributed by atoms with Crippen LogP contribution in [0.1, 0.15) is 32.9 Å². The van der Waals surface area contributed by atoms with Crippen LogP contribution in [0, 0.1) is 13.8 Å². The molecule has 1 aliphatic heterocycles. The molecule has 1 aliphatic rings. The Morgan fingerprint density at radius 1 is 1.03 bits per heavy atom. The van der Waals surface area contributed by atoms with Crippen LogP contribution in [-0.4, -0.2) is 54.2 Å². The summed E-state index contributed by atoms with van der Waals surface area (Å²) < 4.78 is 16.6. The average Bonchev–Trinajstić information content (AvgIpc) is 3.15. The van der Waals surface area contributed by atoms with Crippen molar-refractivity contribution < 1.29 is 18.8 Å². The van der Waals surface area contributed by atoms with Crippen LogP contribution in [0.5, 0.6) is 11.5 Å². The van der Waals surface area contributed by atoms with Crippen molar-refractivity contribution in [3.63, 3.8) is 0 Å². The van der Waals surface area contributed by atoms with E-state index in [1.807, 2.05) is 24.8 Å². The van der Waals surface area contributed by atoms with E-state index in [2.05, 4.69) is 34.3 Å². The van der Waals surface area contributed by atoms with Gasteiger partial charge in [-0.15, -0.1) is 0 Å². The standard InChI is InChI=1S/C25H29N3O4/c1-18-22(19(2)32-26-18)17-31-23-10-9-21(15-24(23)30-3)25(29)28-13-11-27(12-14-28)16-20-7-5-4-6-8-20/h4-10,15H,11-14,16-17H2,1-3H3. The number of piperazine rings is 1. The minimum Gasteiger partial charge on any atom is -0.493 e. The molecule has 0 radical (unpaired) electrons. The lowest BCUT2D eigenvalue weighted by Crippen LogP contribution is -2.48. The SMILES string of the molecule is COc1cc(C(=O)N2CCN(Cc3ccccc3)CC2)ccc1OCc1c(C)noc1C. The van der Waals surface area contributed by atoms with Gasteiger partial charge >= 0.3 is 0 Å². The van der Waals surface area contributed by atoms with Crippen molar-refractivity contribution in [2.45, 2.75) is 27.0 Å². The van der Waals surface area contributed by atoms with Crippen LogP contribution in [0.2, 0.25) is 0 Å². The van der Waals surface area contributed by atoms with E-state index in [-0.39, 0.29) is 5.91 Å². The second-order valence-corrected chi connectivity index (χ2v) is 8.01. The molecule has 1 amide bonds. The largest absolute Gasteiger partial charge is 0.493 e. The Kier molecular flexibility index (Phi) is 6.75. The molecule has 2 aromatic carbocycles. The molecule has 32 heavy (non-hydrogen) atoms. The molecular formula is C25H29N3O4. The highest BCUT2D eigenvalue weighted by Gasteiger charge is 2.23. The maximum atomic E-state index is 13.1. The van der Waals surface area contributed by atoms with E-state index in [1.165, 1.54) is 5.56 Å². The Morgan fingerprint density at radius 3 is 2.44 bits per heavy atom. The molecule has 0 spiro atoms. The van der Waals surface area contributed by atoms with Gasteiger partial charge in [-0.05, 0) is 37.6 Å². The van der Waals surface area contributed by atoms with Gasteiger partial charge in [0, 0.05) is 38.3 Å². The number of aromatic nitrogens is 1. The Hall–Kier alpha value is -3.32. The highest BCUT2D eigenvalue weighted by atomic mass is 16.5. The van der Waals surface area contributed by atoms with Crippen LogP contribution in [0.3, 0.4) is 0 Å². The van der Waals surface area contributed by atoms with E-state index in [1.54, 1.807) is 25.3 Å². The summed E-state index contributed by atoms with van der Waals surface area (Å²) in [6.07, 6.45) is 0. The summed E-state index contributed by atoms with van der Waals surface area (Å²) >= 11 is 0. The van der Waals surface area contributed by atoms with Gasteiger partial charge in [0.15, 0.2) is 11.5 Å². The van der Waals surface area contributed by atoms with Gasteiger partial charge in [-0.2, -0.15) is 0 Å². The quantitative estimate of drug-likeness (QED) is 0.562. The molecule has 168 valence electrons. The molecule has 7 heteroatoms. The monoisotopic (exact) mass is 435 g/mol. The Bertz CT molecular complexity index is 1040. The Labute approximate surface area is 188 Å². The van der Waals surface area contributed by atoms with Gasteiger partial charge in [0.1, 0.15) is 12.4 Å². The highest BCUT2D eigenvalue weighted by molar-refractivity contribution is 5.95. The third kappa shape index (κ3) is 4.94. The average molecular weight is 436 g/mol. The molecule has 1 fully saturated rings. The van der Waals surface area contributed by atoms with Crippen molar-refractivity contribution in [2.75, 3.05) is 33.3 Å². The summed E-state index contributed by atoms with van der Waals surface area (Å²) in [5, 5.41) is 3.95. The first-order valence-electron chi connectivity index (χ1n) is 10.8. The molecule has 1 saturated heterocycles. The van der Waals surface area contributed by atoms with Gasteiger partial charge in [0.05, 0.1) is 18.4 Å². The third-order valence-corrected chi connectivity index (χ3v) is 5.87. The summed E-state index contributed by atoms with van der Waals surface area (Å²) in [5.41, 5.74) is 3.62. The van der Waals surface area contributed by atoms with Crippen LogP contribution >= 0.6 is 0 Å². The number of carbonyl (C=O) groups excluding carboxylic acids is 1. The van der Waals surface area contributed by atoms with Crippen molar-refractivity contribution in [1.29, 1.82) is 0 Å². The fourth-order valence-corrected chi connectivity index (χ4v) is 3.91. The number of hydrogen-bond acceptors (Lipinski definition) is 6. The van der Waals surface area contributed by atoms with Crippen LogP contribution in [0.15, 0.2) is 53.1 Å². The minimum absolute atomic E-state index is 0.0138. The molecule has 0 unspecified atom stereocenters. The molecule has 0 atom stereocenters. The Balaban J connectivity index is 1.36. The zero-order valence-corrected chi connectivity index (χ0v) is 18.8. The summed E-state index contributed by atoms with van der Waals surface area (Å²) in [4.78, 5) is 17.4. The first-order valence-corrected chi connectivity index (χ1v) is 10.8. The molecular weight excluding hydrogens is 406 g/mol. The normalized spacial score (nSPS) is 14.4. The lowest BCUT2D eigenvalue weighted by molar-refractivity contribution is 0.0628. The number of aryl methyl sites for hydroxylation is 2. The second-order valence-electron chi connectivity index (χ2n) is 8.01. The molecule has 0 saturated carbocycles. The Morgan fingerprint density at radius 2 is 1.78 bits per heavy atom. The maximum absolute atomic E-state index is 13.1. The predicted molar refractivity (Wildman–Crippen MR) is 121 cm³/mol. The minimum atomic E-state index is 0.0138. The molecule has 1 aromatic heterocycles. The van der Waals surface area contributed by atoms with Crippen molar-refractivity contribution in [3.05, 3.63) is 76.7 Å². The summed E-state index contributed by atoms with van der Waals surface area (Å²) in [6, 6.07) is 15.8. The van der Waals surface area contributed by atoms with Gasteiger partial charge in [-0.1, -0.05) is 35.5 Å². The van der Waals surface area contributed by atoms with Crippen molar-refractivity contribution in [3.8, 4) is 11.5 Å². The van der Waals surface area contributed by atoms with Gasteiger partial charge in [-0.25, -0.2) is 0 Å². The van der Waals surface area contributed by atoms with Gasteiger partial charge in [-0.3, -0.25) is 9.69 Å². The molecule has 2 heterocycles. The van der Waals surface area contributed by atoms with Crippen LogP contribution < -0.4 is 9.47 Å². The van der Waals surface area contributed by atoms with Gasteiger partial charge in [0.2, 0.25) is 0 Å². The summed E-state index contributed by atoms with van der Waals surface area (Å²) in [7, 11) is 1.58. The lowest BCUT2D eigenvalue weighted by atomic mass is 10.1. The van der Waals surface area contributed by atoms with Crippen molar-refractivity contribution in [2.24, 2.45) is 0 Å².